The number of nitrogens with zero attached hydrogens (tertiary/aromatic N) is 5. The van der Waals surface area contributed by atoms with Gasteiger partial charge in [0.25, 0.3) is 5.69 Å². The zero-order valence-corrected chi connectivity index (χ0v) is 20.0. The molecule has 3 aromatic carbocycles. The number of hydrogen-bond donors (Lipinski definition) is 2. The van der Waals surface area contributed by atoms with Crippen LogP contribution in [-0.4, -0.2) is 36.1 Å². The van der Waals surface area contributed by atoms with Crippen molar-refractivity contribution in [2.24, 2.45) is 4.99 Å². The molecule has 2 aromatic heterocycles. The first-order valence-corrected chi connectivity index (χ1v) is 11.9. The average molecular weight is 504 g/mol. The standard InChI is InChI=1S/C28H21N7O3/c36-28-26(23-13-22(35(37)38)9-10-24(23)33-28)27(20-3-1-18(2-4-20)15-34-12-11-29-17-34)32-21-7-5-19(6-8-21)25-14-30-16-31-25/h1-14,16-17,26H,15H2,(H,30,31)(H,33,36). The molecule has 1 unspecified atom stereocenters. The molecule has 0 saturated carbocycles. The van der Waals surface area contributed by atoms with Crippen LogP contribution in [0.1, 0.15) is 22.6 Å². The summed E-state index contributed by atoms with van der Waals surface area (Å²) in [5, 5.41) is 14.3. The maximum atomic E-state index is 13.2. The number of aromatic amines is 1. The maximum Gasteiger partial charge on any atom is 0.269 e. The molecule has 1 aliphatic rings. The van der Waals surface area contributed by atoms with Crippen LogP contribution >= 0.6 is 0 Å². The third-order valence-corrected chi connectivity index (χ3v) is 6.45. The third-order valence-electron chi connectivity index (χ3n) is 6.45. The van der Waals surface area contributed by atoms with Gasteiger partial charge in [-0.25, -0.2) is 9.97 Å². The number of nitro groups is 1. The van der Waals surface area contributed by atoms with Crippen molar-refractivity contribution < 1.29 is 9.72 Å². The van der Waals surface area contributed by atoms with Crippen LogP contribution in [-0.2, 0) is 11.3 Å². The molecule has 0 aliphatic carbocycles. The predicted octanol–water partition coefficient (Wildman–Crippen LogP) is 5.09. The van der Waals surface area contributed by atoms with Crippen molar-refractivity contribution in [3.63, 3.8) is 0 Å². The minimum absolute atomic E-state index is 0.0795. The van der Waals surface area contributed by atoms with Crippen molar-refractivity contribution in [3.05, 3.63) is 125 Å². The number of benzene rings is 3. The molecule has 1 amide bonds. The number of nitrogens with one attached hydrogen (secondary N) is 2. The Labute approximate surface area is 216 Å². The zero-order valence-electron chi connectivity index (χ0n) is 20.0. The van der Waals surface area contributed by atoms with Crippen molar-refractivity contribution in [1.29, 1.82) is 0 Å². The number of amides is 1. The summed E-state index contributed by atoms with van der Waals surface area (Å²) in [6, 6.07) is 19.8. The first-order chi connectivity index (χ1) is 18.5. The van der Waals surface area contributed by atoms with Crippen molar-refractivity contribution >= 4 is 28.7 Å². The summed E-state index contributed by atoms with van der Waals surface area (Å²) in [4.78, 5) is 40.4. The first kappa shape index (κ1) is 23.0. The lowest BCUT2D eigenvalue weighted by atomic mass is 9.90. The van der Waals surface area contributed by atoms with E-state index >= 15 is 0 Å². The molecular formula is C28H21N7O3. The fourth-order valence-corrected chi connectivity index (χ4v) is 4.57. The van der Waals surface area contributed by atoms with E-state index in [0.717, 1.165) is 22.4 Å². The monoisotopic (exact) mass is 503 g/mol. The minimum atomic E-state index is -0.809. The average Bonchev–Trinajstić information content (AvgIpc) is 3.70. The van der Waals surface area contributed by atoms with Gasteiger partial charge in [-0.2, -0.15) is 0 Å². The Balaban J connectivity index is 1.42. The van der Waals surface area contributed by atoms with Gasteiger partial charge in [-0.05, 0) is 34.9 Å². The summed E-state index contributed by atoms with van der Waals surface area (Å²) >= 11 is 0. The molecule has 5 aromatic rings. The highest BCUT2D eigenvalue weighted by Gasteiger charge is 2.36. The van der Waals surface area contributed by atoms with Crippen LogP contribution in [0.15, 0.2) is 103 Å². The van der Waals surface area contributed by atoms with E-state index in [9.17, 15) is 14.9 Å². The van der Waals surface area contributed by atoms with E-state index in [2.05, 4.69) is 20.3 Å². The smallest absolute Gasteiger partial charge is 0.269 e. The van der Waals surface area contributed by atoms with Crippen LogP contribution in [0, 0.1) is 10.1 Å². The highest BCUT2D eigenvalue weighted by atomic mass is 16.6. The van der Waals surface area contributed by atoms with Gasteiger partial charge in [0.05, 0.1) is 40.9 Å². The van der Waals surface area contributed by atoms with Crippen molar-refractivity contribution in [2.45, 2.75) is 12.5 Å². The van der Waals surface area contributed by atoms with Gasteiger partial charge in [0.2, 0.25) is 5.91 Å². The molecule has 0 saturated heterocycles. The molecule has 3 heterocycles. The number of non-ortho nitro benzene ring substituents is 1. The maximum absolute atomic E-state index is 13.2. The molecule has 0 spiro atoms. The second-order valence-corrected chi connectivity index (χ2v) is 8.89. The Morgan fingerprint density at radius 1 is 1.05 bits per heavy atom. The second kappa shape index (κ2) is 9.58. The number of aliphatic imine (C=N–C) groups is 1. The summed E-state index contributed by atoms with van der Waals surface area (Å²) in [5.41, 5.74) is 5.78. The van der Waals surface area contributed by atoms with Crippen molar-refractivity contribution in [2.75, 3.05) is 5.32 Å². The highest BCUT2D eigenvalue weighted by molar-refractivity contribution is 6.24. The van der Waals surface area contributed by atoms with Crippen LogP contribution in [0.2, 0.25) is 0 Å². The summed E-state index contributed by atoms with van der Waals surface area (Å²) < 4.78 is 1.96. The van der Waals surface area contributed by atoms with E-state index in [4.69, 9.17) is 4.99 Å². The van der Waals surface area contributed by atoms with E-state index in [0.29, 0.717) is 29.2 Å². The Morgan fingerprint density at radius 3 is 2.55 bits per heavy atom. The summed E-state index contributed by atoms with van der Waals surface area (Å²) in [6.45, 7) is 0.654. The SMILES string of the molecule is O=C1Nc2ccc([N+](=O)[O-])cc2C1C(=Nc1ccc(-c2cnc[nH]2)cc1)c1ccc(Cn2ccnc2)cc1. The van der Waals surface area contributed by atoms with Gasteiger partial charge in [-0.1, -0.05) is 36.4 Å². The van der Waals surface area contributed by atoms with Gasteiger partial charge in [0.15, 0.2) is 0 Å². The van der Waals surface area contributed by atoms with Gasteiger partial charge in [0.1, 0.15) is 5.92 Å². The molecule has 0 fully saturated rings. The number of imidazole rings is 2. The number of anilines is 1. The Hall–Kier alpha value is -5.38. The zero-order chi connectivity index (χ0) is 26.1. The normalized spacial score (nSPS) is 14.8. The van der Waals surface area contributed by atoms with Crippen LogP contribution in [0.4, 0.5) is 17.1 Å². The number of aromatic nitrogens is 4. The van der Waals surface area contributed by atoms with E-state index in [1.165, 1.54) is 12.1 Å². The molecule has 0 bridgehead atoms. The van der Waals surface area contributed by atoms with E-state index in [1.54, 1.807) is 31.1 Å². The highest BCUT2D eigenvalue weighted by Crippen LogP contribution is 2.38. The number of fused-ring (bicyclic) bond motifs is 1. The quantitative estimate of drug-likeness (QED) is 0.182. The van der Waals surface area contributed by atoms with Gasteiger partial charge in [0, 0.05) is 42.3 Å². The van der Waals surface area contributed by atoms with Gasteiger partial charge in [-0.15, -0.1) is 0 Å². The molecular weight excluding hydrogens is 482 g/mol. The van der Waals surface area contributed by atoms with Crippen LogP contribution < -0.4 is 5.32 Å². The fraction of sp³-hybridized carbons (Fsp3) is 0.0714. The summed E-state index contributed by atoms with van der Waals surface area (Å²) in [7, 11) is 0. The molecule has 1 aliphatic heterocycles. The van der Waals surface area contributed by atoms with E-state index in [-0.39, 0.29) is 11.6 Å². The summed E-state index contributed by atoms with van der Waals surface area (Å²) in [5.74, 6) is -1.09. The van der Waals surface area contributed by atoms with Crippen molar-refractivity contribution in [1.82, 2.24) is 19.5 Å². The molecule has 0 radical (unpaired) electrons. The van der Waals surface area contributed by atoms with Gasteiger partial charge >= 0.3 is 0 Å². The molecule has 2 N–H and O–H groups in total. The largest absolute Gasteiger partial charge is 0.345 e. The Kier molecular flexibility index (Phi) is 5.81. The molecule has 10 heteroatoms. The second-order valence-electron chi connectivity index (χ2n) is 8.89. The topological polar surface area (TPSA) is 131 Å². The number of carbonyl (C=O) groups is 1. The third kappa shape index (κ3) is 4.46. The first-order valence-electron chi connectivity index (χ1n) is 11.9. The lowest BCUT2D eigenvalue weighted by Crippen LogP contribution is -2.22. The Morgan fingerprint density at radius 2 is 1.87 bits per heavy atom. The van der Waals surface area contributed by atoms with Crippen LogP contribution in [0.5, 0.6) is 0 Å². The summed E-state index contributed by atoms with van der Waals surface area (Å²) in [6.07, 6.45) is 8.72. The van der Waals surface area contributed by atoms with Crippen molar-refractivity contribution in [3.8, 4) is 11.3 Å². The number of hydrogen-bond acceptors (Lipinski definition) is 6. The number of rotatable bonds is 7. The lowest BCUT2D eigenvalue weighted by Gasteiger charge is -2.15. The van der Waals surface area contributed by atoms with E-state index in [1.807, 2.05) is 59.3 Å². The Bertz CT molecular complexity index is 1640. The molecule has 186 valence electrons. The van der Waals surface area contributed by atoms with E-state index < -0.39 is 10.8 Å². The number of carbonyl (C=O) groups excluding carboxylic acids is 1. The molecule has 1 atom stereocenters. The van der Waals surface area contributed by atoms with Crippen LogP contribution in [0.25, 0.3) is 11.3 Å². The number of H-pyrrole nitrogens is 1. The lowest BCUT2D eigenvalue weighted by molar-refractivity contribution is -0.384. The molecule has 6 rings (SSSR count). The molecule has 38 heavy (non-hydrogen) atoms. The van der Waals surface area contributed by atoms with Gasteiger partial charge in [-0.3, -0.25) is 19.9 Å². The predicted molar refractivity (Wildman–Crippen MR) is 142 cm³/mol. The molecule has 10 nitrogen and oxygen atoms in total. The fourth-order valence-electron chi connectivity index (χ4n) is 4.57. The van der Waals surface area contributed by atoms with Crippen LogP contribution in [0.3, 0.4) is 0 Å². The minimum Gasteiger partial charge on any atom is -0.345 e. The number of nitro benzene ring substituents is 1. The van der Waals surface area contributed by atoms with Gasteiger partial charge < -0.3 is 14.9 Å².